The first-order valence-electron chi connectivity index (χ1n) is 4.24. The highest BCUT2D eigenvalue weighted by Crippen LogP contribution is 2.45. The zero-order chi connectivity index (χ0) is 7.78. The van der Waals surface area contributed by atoms with Crippen molar-refractivity contribution in [3.05, 3.63) is 0 Å². The third-order valence-electron chi connectivity index (χ3n) is 2.84. The molecule has 0 heterocycles. The fourth-order valence-corrected chi connectivity index (χ4v) is 1.83. The maximum Gasteiger partial charge on any atom is 0.0616 e. The predicted molar refractivity (Wildman–Crippen MR) is 42.8 cm³/mol. The van der Waals surface area contributed by atoms with Crippen LogP contribution in [-0.4, -0.2) is 11.2 Å². The van der Waals surface area contributed by atoms with Gasteiger partial charge in [-0.1, -0.05) is 27.2 Å². The summed E-state index contributed by atoms with van der Waals surface area (Å²) < 4.78 is 0. The topological polar surface area (TPSA) is 20.2 Å². The van der Waals surface area contributed by atoms with Crippen molar-refractivity contribution in [2.75, 3.05) is 0 Å². The van der Waals surface area contributed by atoms with Crippen molar-refractivity contribution in [3.8, 4) is 0 Å². The number of rotatable bonds is 2. The van der Waals surface area contributed by atoms with Crippen LogP contribution < -0.4 is 0 Å². The van der Waals surface area contributed by atoms with E-state index in [0.717, 1.165) is 0 Å². The molecule has 10 heavy (non-hydrogen) atoms. The Kier molecular flexibility index (Phi) is 2.04. The van der Waals surface area contributed by atoms with Crippen molar-refractivity contribution >= 4 is 0 Å². The van der Waals surface area contributed by atoms with E-state index in [9.17, 15) is 5.11 Å². The minimum Gasteiger partial charge on any atom is -0.392 e. The Labute approximate surface area is 63.4 Å². The number of hydrogen-bond donors (Lipinski definition) is 1. The molecule has 60 valence electrons. The van der Waals surface area contributed by atoms with Crippen LogP contribution in [0.4, 0.5) is 0 Å². The minimum atomic E-state index is -0.0822. The first-order chi connectivity index (χ1) is 4.56. The number of aliphatic hydroxyl groups excluding tert-OH is 1. The minimum absolute atomic E-state index is 0.0822. The van der Waals surface area contributed by atoms with Gasteiger partial charge in [0.2, 0.25) is 0 Å². The lowest BCUT2D eigenvalue weighted by Crippen LogP contribution is -2.41. The van der Waals surface area contributed by atoms with E-state index in [1.54, 1.807) is 0 Å². The van der Waals surface area contributed by atoms with Crippen LogP contribution in [0, 0.1) is 11.3 Å². The van der Waals surface area contributed by atoms with Crippen molar-refractivity contribution in [1.82, 2.24) is 0 Å². The van der Waals surface area contributed by atoms with E-state index in [1.165, 1.54) is 19.3 Å². The van der Waals surface area contributed by atoms with Gasteiger partial charge in [0.15, 0.2) is 0 Å². The van der Waals surface area contributed by atoms with E-state index >= 15 is 0 Å². The summed E-state index contributed by atoms with van der Waals surface area (Å²) in [6.07, 6.45) is 3.65. The van der Waals surface area contributed by atoms with Crippen LogP contribution in [0.1, 0.15) is 40.0 Å². The monoisotopic (exact) mass is 142 g/mol. The third-order valence-corrected chi connectivity index (χ3v) is 2.84. The van der Waals surface area contributed by atoms with Crippen LogP contribution in [0.15, 0.2) is 0 Å². The summed E-state index contributed by atoms with van der Waals surface area (Å²) in [5.74, 6) is 0.422. The van der Waals surface area contributed by atoms with Crippen molar-refractivity contribution in [1.29, 1.82) is 0 Å². The lowest BCUT2D eigenvalue weighted by Gasteiger charge is -2.44. The molecule has 0 amide bonds. The van der Waals surface area contributed by atoms with Crippen molar-refractivity contribution in [3.63, 3.8) is 0 Å². The Hall–Kier alpha value is -0.0400. The summed E-state index contributed by atoms with van der Waals surface area (Å²) in [6, 6.07) is 0. The van der Waals surface area contributed by atoms with Gasteiger partial charge in [0.1, 0.15) is 0 Å². The van der Waals surface area contributed by atoms with Gasteiger partial charge in [-0.15, -0.1) is 0 Å². The number of hydrogen-bond acceptors (Lipinski definition) is 1. The van der Waals surface area contributed by atoms with Crippen molar-refractivity contribution < 1.29 is 5.11 Å². The van der Waals surface area contributed by atoms with Crippen LogP contribution in [0.3, 0.4) is 0 Å². The lowest BCUT2D eigenvalue weighted by atomic mass is 9.64. The molecule has 0 spiro atoms. The van der Waals surface area contributed by atoms with Gasteiger partial charge in [0, 0.05) is 0 Å². The van der Waals surface area contributed by atoms with E-state index in [2.05, 4.69) is 20.8 Å². The molecule has 1 saturated carbocycles. The van der Waals surface area contributed by atoms with Gasteiger partial charge >= 0.3 is 0 Å². The van der Waals surface area contributed by atoms with E-state index in [0.29, 0.717) is 5.92 Å². The summed E-state index contributed by atoms with van der Waals surface area (Å²) in [6.45, 7) is 6.38. The first kappa shape index (κ1) is 8.06. The quantitative estimate of drug-likeness (QED) is 0.626. The fraction of sp³-hybridized carbons (Fsp3) is 1.00. The molecule has 1 aliphatic rings. The molecule has 0 radical (unpaired) electrons. The molecule has 1 nitrogen and oxygen atoms in total. The third kappa shape index (κ3) is 1.20. The Morgan fingerprint density at radius 2 is 1.80 bits per heavy atom. The molecule has 1 fully saturated rings. The Morgan fingerprint density at radius 1 is 1.30 bits per heavy atom. The molecule has 0 aromatic heterocycles. The summed E-state index contributed by atoms with van der Waals surface area (Å²) in [5, 5.41) is 9.71. The molecule has 0 bridgehead atoms. The first-order valence-corrected chi connectivity index (χ1v) is 4.24. The highest BCUT2D eigenvalue weighted by molar-refractivity contribution is 4.90. The Bertz CT molecular complexity index is 114. The van der Waals surface area contributed by atoms with Crippen LogP contribution in [0.5, 0.6) is 0 Å². The average molecular weight is 142 g/mol. The predicted octanol–water partition coefficient (Wildman–Crippen LogP) is 2.19. The molecule has 1 N–H and O–H groups in total. The second kappa shape index (κ2) is 2.54. The maximum absolute atomic E-state index is 9.71. The van der Waals surface area contributed by atoms with E-state index in [4.69, 9.17) is 0 Å². The summed E-state index contributed by atoms with van der Waals surface area (Å²) in [7, 11) is 0. The summed E-state index contributed by atoms with van der Waals surface area (Å²) in [5.41, 5.74) is 0.258. The highest BCUT2D eigenvalue weighted by Gasteiger charge is 2.39. The second-order valence-corrected chi connectivity index (χ2v) is 4.20. The van der Waals surface area contributed by atoms with Crippen molar-refractivity contribution in [2.24, 2.45) is 11.3 Å². The van der Waals surface area contributed by atoms with Crippen molar-refractivity contribution in [2.45, 2.75) is 46.1 Å². The molecule has 0 saturated heterocycles. The smallest absolute Gasteiger partial charge is 0.0616 e. The summed E-state index contributed by atoms with van der Waals surface area (Å²) in [4.78, 5) is 0. The molecular formula is C9H18O. The van der Waals surface area contributed by atoms with Gasteiger partial charge in [-0.3, -0.25) is 0 Å². The average Bonchev–Trinajstić information content (AvgIpc) is 1.81. The van der Waals surface area contributed by atoms with Gasteiger partial charge in [-0.25, -0.2) is 0 Å². The largest absolute Gasteiger partial charge is 0.392 e. The molecule has 1 rings (SSSR count). The molecule has 1 aliphatic carbocycles. The molecule has 0 aromatic carbocycles. The zero-order valence-corrected chi connectivity index (χ0v) is 7.22. The highest BCUT2D eigenvalue weighted by atomic mass is 16.3. The molecule has 0 aliphatic heterocycles. The molecule has 0 aromatic rings. The van der Waals surface area contributed by atoms with Gasteiger partial charge in [-0.2, -0.15) is 0 Å². The van der Waals surface area contributed by atoms with E-state index in [1.807, 2.05) is 0 Å². The Balaban J connectivity index is 2.46. The summed E-state index contributed by atoms with van der Waals surface area (Å²) >= 11 is 0. The lowest BCUT2D eigenvalue weighted by molar-refractivity contribution is -0.0473. The molecular weight excluding hydrogens is 124 g/mol. The second-order valence-electron chi connectivity index (χ2n) is 4.20. The normalized spacial score (nSPS) is 26.1. The van der Waals surface area contributed by atoms with Gasteiger partial charge in [0.05, 0.1) is 6.10 Å². The van der Waals surface area contributed by atoms with Crippen LogP contribution in [0.25, 0.3) is 0 Å². The van der Waals surface area contributed by atoms with Crippen LogP contribution >= 0.6 is 0 Å². The SMILES string of the molecule is CC(C)C(O)C1(C)CCC1. The molecule has 1 atom stereocenters. The fourth-order valence-electron chi connectivity index (χ4n) is 1.83. The van der Waals surface area contributed by atoms with Gasteiger partial charge < -0.3 is 5.11 Å². The standard InChI is InChI=1S/C9H18O/c1-7(2)8(10)9(3)5-4-6-9/h7-8,10H,4-6H2,1-3H3. The molecule has 1 heteroatoms. The van der Waals surface area contributed by atoms with E-state index < -0.39 is 0 Å². The van der Waals surface area contributed by atoms with Crippen LogP contribution in [-0.2, 0) is 0 Å². The van der Waals surface area contributed by atoms with E-state index in [-0.39, 0.29) is 11.5 Å². The molecule has 1 unspecified atom stereocenters. The van der Waals surface area contributed by atoms with Gasteiger partial charge in [0.25, 0.3) is 0 Å². The zero-order valence-electron chi connectivity index (χ0n) is 7.22. The maximum atomic E-state index is 9.71. The number of aliphatic hydroxyl groups is 1. The van der Waals surface area contributed by atoms with Gasteiger partial charge in [-0.05, 0) is 24.2 Å². The Morgan fingerprint density at radius 3 is 1.90 bits per heavy atom. The van der Waals surface area contributed by atoms with Crippen LogP contribution in [0.2, 0.25) is 0 Å².